The number of ether oxygens (including phenoxy) is 2. The van der Waals surface area contributed by atoms with Crippen molar-refractivity contribution in [2.45, 2.75) is 84.5 Å². The van der Waals surface area contributed by atoms with E-state index in [1.54, 1.807) is 4.90 Å². The molecule has 1 heterocycles. The zero-order valence-corrected chi connectivity index (χ0v) is 17.8. The van der Waals surface area contributed by atoms with Gasteiger partial charge in [0.15, 0.2) is 6.23 Å². The summed E-state index contributed by atoms with van der Waals surface area (Å²) < 4.78 is 12.2. The molecule has 1 aliphatic heterocycles. The quantitative estimate of drug-likeness (QED) is 0.811. The van der Waals surface area contributed by atoms with E-state index >= 15 is 0 Å². The number of nitrogens with zero attached hydrogens (tertiary/aromatic N) is 1. The Bertz CT molecular complexity index is 756. The lowest BCUT2D eigenvalue weighted by Crippen LogP contribution is -2.54. The van der Waals surface area contributed by atoms with Crippen LogP contribution < -0.4 is 0 Å². The molecule has 1 aromatic rings. The van der Waals surface area contributed by atoms with Gasteiger partial charge in [0.1, 0.15) is 11.7 Å². The highest BCUT2D eigenvalue weighted by molar-refractivity contribution is 5.70. The lowest BCUT2D eigenvalue weighted by molar-refractivity contribution is -0.106. The predicted octanol–water partition coefficient (Wildman–Crippen LogP) is 4.51. The Morgan fingerprint density at radius 3 is 2.50 bits per heavy atom. The van der Waals surface area contributed by atoms with E-state index in [1.807, 2.05) is 51.1 Å². The average Bonchev–Trinajstić information content (AvgIpc) is 3.16. The maximum atomic E-state index is 13.3. The predicted molar refractivity (Wildman–Crippen MR) is 107 cm³/mol. The first kappa shape index (κ1) is 19.7. The highest BCUT2D eigenvalue weighted by Gasteiger charge is 2.73. The topological polar surface area (TPSA) is 59.0 Å². The van der Waals surface area contributed by atoms with Gasteiger partial charge in [-0.2, -0.15) is 0 Å². The van der Waals surface area contributed by atoms with Crippen molar-refractivity contribution < 1.29 is 19.4 Å². The minimum Gasteiger partial charge on any atom is -0.444 e. The Morgan fingerprint density at radius 2 is 1.89 bits per heavy atom. The molecule has 0 spiro atoms. The molecule has 1 aromatic carbocycles. The number of aliphatic hydroxyl groups is 1. The Kier molecular flexibility index (Phi) is 4.37. The molecule has 1 amide bonds. The summed E-state index contributed by atoms with van der Waals surface area (Å²) in [6.07, 6.45) is 0.0479. The number of aliphatic hydroxyl groups excluding tert-OH is 1. The van der Waals surface area contributed by atoms with E-state index in [4.69, 9.17) is 9.47 Å². The van der Waals surface area contributed by atoms with Crippen molar-refractivity contribution >= 4 is 6.09 Å². The van der Waals surface area contributed by atoms with Gasteiger partial charge in [-0.15, -0.1) is 0 Å². The second-order valence-electron chi connectivity index (χ2n) is 10.5. The van der Waals surface area contributed by atoms with E-state index in [9.17, 15) is 9.90 Å². The molecular weight excluding hydrogens is 354 g/mol. The molecule has 2 saturated carbocycles. The molecule has 5 nitrogen and oxygen atoms in total. The van der Waals surface area contributed by atoms with Gasteiger partial charge in [-0.3, -0.25) is 4.90 Å². The van der Waals surface area contributed by atoms with Crippen LogP contribution in [0.25, 0.3) is 0 Å². The van der Waals surface area contributed by atoms with E-state index in [1.165, 1.54) is 0 Å². The number of rotatable bonds is 2. The normalized spacial score (nSPS) is 37.0. The van der Waals surface area contributed by atoms with Gasteiger partial charge in [-0.05, 0) is 55.9 Å². The van der Waals surface area contributed by atoms with E-state index in [2.05, 4.69) is 20.8 Å². The number of hydrogen-bond donors (Lipinski definition) is 1. The van der Waals surface area contributed by atoms with Crippen LogP contribution in [0.3, 0.4) is 0 Å². The van der Waals surface area contributed by atoms with Gasteiger partial charge in [0.2, 0.25) is 0 Å². The second kappa shape index (κ2) is 6.20. The summed E-state index contributed by atoms with van der Waals surface area (Å²) in [5.41, 5.74) is 0.152. The lowest BCUT2D eigenvalue weighted by Gasteiger charge is -2.43. The average molecular weight is 388 g/mol. The van der Waals surface area contributed by atoms with Crippen LogP contribution in [0.2, 0.25) is 0 Å². The van der Waals surface area contributed by atoms with Crippen molar-refractivity contribution in [2.75, 3.05) is 0 Å². The summed E-state index contributed by atoms with van der Waals surface area (Å²) in [4.78, 5) is 15.0. The van der Waals surface area contributed by atoms with E-state index < -0.39 is 24.0 Å². The summed E-state index contributed by atoms with van der Waals surface area (Å²) in [5, 5.41) is 11.1. The summed E-state index contributed by atoms with van der Waals surface area (Å²) in [6.45, 7) is 12.5. The summed E-state index contributed by atoms with van der Waals surface area (Å²) in [7, 11) is 0. The van der Waals surface area contributed by atoms with Gasteiger partial charge >= 0.3 is 6.09 Å². The molecule has 0 radical (unpaired) electrons. The minimum atomic E-state index is -0.912. The summed E-state index contributed by atoms with van der Waals surface area (Å²) >= 11 is 0. The van der Waals surface area contributed by atoms with Crippen LogP contribution in [0.1, 0.15) is 66.1 Å². The Morgan fingerprint density at radius 1 is 1.25 bits per heavy atom. The van der Waals surface area contributed by atoms with Crippen molar-refractivity contribution in [3.8, 4) is 0 Å². The van der Waals surface area contributed by atoms with Gasteiger partial charge in [-0.1, -0.05) is 51.1 Å². The number of fused-ring (bicyclic) bond motifs is 5. The first-order valence-corrected chi connectivity index (χ1v) is 10.4. The first-order valence-electron chi connectivity index (χ1n) is 10.4. The van der Waals surface area contributed by atoms with Crippen LogP contribution >= 0.6 is 0 Å². The zero-order valence-electron chi connectivity index (χ0n) is 17.8. The number of carbonyl (C=O) groups excluding carboxylic acids is 1. The van der Waals surface area contributed by atoms with Crippen LogP contribution in [-0.4, -0.2) is 40.1 Å². The number of amides is 1. The van der Waals surface area contributed by atoms with Gasteiger partial charge in [0, 0.05) is 0 Å². The van der Waals surface area contributed by atoms with Crippen LogP contribution in [0, 0.1) is 16.7 Å². The Labute approximate surface area is 168 Å². The van der Waals surface area contributed by atoms with Crippen molar-refractivity contribution in [1.29, 1.82) is 0 Å². The zero-order chi connectivity index (χ0) is 20.5. The molecular formula is C23H33NO4. The molecule has 3 aliphatic rings. The number of benzene rings is 1. The van der Waals surface area contributed by atoms with Crippen LogP contribution in [0.4, 0.5) is 4.79 Å². The molecule has 1 saturated heterocycles. The standard InChI is InChI=1S/C23H33NO4/c1-21(2,3)28-20(26)24-18-17(15-12-13-23(18,6)22(15,4)5)27-19(24)16(25)14-10-8-7-9-11-14/h7-11,15-19,25H,12-13H2,1-6H3/t15-,16-,17+,18+,19-,23-/m0/s1. The summed E-state index contributed by atoms with van der Waals surface area (Å²) in [5.74, 6) is 0.375. The third-order valence-corrected chi connectivity index (χ3v) is 7.62. The van der Waals surface area contributed by atoms with Crippen LogP contribution in [-0.2, 0) is 9.47 Å². The van der Waals surface area contributed by atoms with Gasteiger partial charge in [-0.25, -0.2) is 4.79 Å². The van der Waals surface area contributed by atoms with Crippen LogP contribution in [0.15, 0.2) is 30.3 Å². The molecule has 28 heavy (non-hydrogen) atoms. The fraction of sp³-hybridized carbons (Fsp3) is 0.696. The molecule has 0 unspecified atom stereocenters. The fourth-order valence-electron chi connectivity index (χ4n) is 5.84. The Hall–Kier alpha value is -1.59. The molecule has 5 heteroatoms. The smallest absolute Gasteiger partial charge is 0.412 e. The second-order valence-corrected chi connectivity index (χ2v) is 10.5. The molecule has 4 rings (SSSR count). The maximum Gasteiger partial charge on any atom is 0.412 e. The van der Waals surface area contributed by atoms with Crippen molar-refractivity contribution in [2.24, 2.45) is 16.7 Å². The fourth-order valence-corrected chi connectivity index (χ4v) is 5.84. The highest BCUT2D eigenvalue weighted by Crippen LogP contribution is 2.69. The van der Waals surface area contributed by atoms with Crippen molar-refractivity contribution in [3.05, 3.63) is 35.9 Å². The van der Waals surface area contributed by atoms with E-state index in [0.29, 0.717) is 5.92 Å². The van der Waals surface area contributed by atoms with Gasteiger partial charge in [0.25, 0.3) is 0 Å². The molecule has 0 aromatic heterocycles. The van der Waals surface area contributed by atoms with Gasteiger partial charge in [0.05, 0.1) is 12.1 Å². The van der Waals surface area contributed by atoms with Gasteiger partial charge < -0.3 is 14.6 Å². The maximum absolute atomic E-state index is 13.3. The largest absolute Gasteiger partial charge is 0.444 e. The number of hydrogen-bond acceptors (Lipinski definition) is 4. The number of carbonyl (C=O) groups is 1. The SMILES string of the molecule is CC(C)(C)OC(=O)N1[C@H]([C@@H](O)c2ccccc2)O[C@@H]2[C@@H]3CC[C@@](C)([C@@H]21)C3(C)C. The third-order valence-electron chi connectivity index (χ3n) is 7.62. The molecule has 154 valence electrons. The molecule has 3 fully saturated rings. The molecule has 2 aliphatic carbocycles. The van der Waals surface area contributed by atoms with Crippen molar-refractivity contribution in [1.82, 2.24) is 4.90 Å². The lowest BCUT2D eigenvalue weighted by atomic mass is 9.69. The summed E-state index contributed by atoms with van der Waals surface area (Å²) in [6, 6.07) is 9.35. The minimum absolute atomic E-state index is 0.0651. The molecule has 6 atom stereocenters. The van der Waals surface area contributed by atoms with Crippen molar-refractivity contribution in [3.63, 3.8) is 0 Å². The van der Waals surface area contributed by atoms with E-state index in [0.717, 1.165) is 18.4 Å². The highest BCUT2D eigenvalue weighted by atomic mass is 16.6. The first-order chi connectivity index (χ1) is 13.0. The van der Waals surface area contributed by atoms with E-state index in [-0.39, 0.29) is 23.0 Å². The molecule has 1 N–H and O–H groups in total. The molecule has 2 bridgehead atoms. The monoisotopic (exact) mass is 387 g/mol. The third kappa shape index (κ3) is 2.70. The van der Waals surface area contributed by atoms with Crippen LogP contribution in [0.5, 0.6) is 0 Å². The Balaban J connectivity index is 1.73.